The Morgan fingerprint density at radius 1 is 1.40 bits per heavy atom. The second-order valence-electron chi connectivity index (χ2n) is 3.90. The van der Waals surface area contributed by atoms with Crippen LogP contribution in [0.15, 0.2) is 42.2 Å². The summed E-state index contributed by atoms with van der Waals surface area (Å²) in [5.74, 6) is -0.238. The van der Waals surface area contributed by atoms with Gasteiger partial charge in [0, 0.05) is 35.7 Å². The summed E-state index contributed by atoms with van der Waals surface area (Å²) in [6.45, 7) is 0. The lowest BCUT2D eigenvalue weighted by molar-refractivity contribution is -0.111. The Kier molecular flexibility index (Phi) is 3.49. The molecule has 0 aliphatic rings. The Morgan fingerprint density at radius 3 is 3.00 bits per heavy atom. The third-order valence-electron chi connectivity index (χ3n) is 2.59. The van der Waals surface area contributed by atoms with Crippen molar-refractivity contribution in [2.75, 3.05) is 5.32 Å². The van der Waals surface area contributed by atoms with Gasteiger partial charge in [0.15, 0.2) is 10.1 Å². The maximum absolute atomic E-state index is 11.8. The number of hydrogen-bond donors (Lipinski definition) is 1. The molecule has 1 amide bonds. The van der Waals surface area contributed by atoms with Gasteiger partial charge in [-0.3, -0.25) is 14.2 Å². The molecule has 3 rings (SSSR count). The number of nitrogens with zero attached hydrogens (tertiary/aromatic N) is 3. The van der Waals surface area contributed by atoms with Crippen LogP contribution in [0.3, 0.4) is 0 Å². The van der Waals surface area contributed by atoms with E-state index in [0.717, 1.165) is 4.96 Å². The minimum atomic E-state index is -0.238. The van der Waals surface area contributed by atoms with E-state index in [2.05, 4.69) is 15.3 Å². The smallest absolute Gasteiger partial charge is 0.248 e. The van der Waals surface area contributed by atoms with Crippen molar-refractivity contribution in [1.82, 2.24) is 14.4 Å². The maximum atomic E-state index is 11.8. The van der Waals surface area contributed by atoms with Crippen molar-refractivity contribution in [2.24, 2.45) is 0 Å². The fourth-order valence-corrected chi connectivity index (χ4v) is 2.71. The van der Waals surface area contributed by atoms with Crippen LogP contribution in [0.4, 0.5) is 5.69 Å². The van der Waals surface area contributed by atoms with Gasteiger partial charge in [-0.15, -0.1) is 11.3 Å². The first-order valence-electron chi connectivity index (χ1n) is 5.74. The predicted octanol–water partition coefficient (Wildman–Crippen LogP) is 3.10. The van der Waals surface area contributed by atoms with Gasteiger partial charge in [0.25, 0.3) is 0 Å². The number of carbonyl (C=O) groups is 1. The van der Waals surface area contributed by atoms with Crippen LogP contribution in [-0.4, -0.2) is 20.3 Å². The monoisotopic (exact) mass is 304 g/mol. The molecular weight excluding hydrogens is 296 g/mol. The number of imidazole rings is 1. The van der Waals surface area contributed by atoms with Gasteiger partial charge in [0.1, 0.15) is 0 Å². The lowest BCUT2D eigenvalue weighted by Crippen LogP contribution is -2.07. The number of hydrogen-bond acceptors (Lipinski definition) is 4. The fraction of sp³-hybridized carbons (Fsp3) is 0. The van der Waals surface area contributed by atoms with E-state index in [0.29, 0.717) is 16.5 Å². The summed E-state index contributed by atoms with van der Waals surface area (Å²) in [7, 11) is 0. The normalized spacial score (nSPS) is 11.2. The number of aromatic nitrogens is 3. The second kappa shape index (κ2) is 5.44. The highest BCUT2D eigenvalue weighted by Crippen LogP contribution is 2.22. The summed E-state index contributed by atoms with van der Waals surface area (Å²) in [5.41, 5.74) is 1.38. The van der Waals surface area contributed by atoms with Gasteiger partial charge in [-0.1, -0.05) is 11.6 Å². The van der Waals surface area contributed by atoms with Gasteiger partial charge in [-0.2, -0.15) is 0 Å². The average molecular weight is 305 g/mol. The van der Waals surface area contributed by atoms with Crippen molar-refractivity contribution in [3.05, 3.63) is 53.0 Å². The Bertz CT molecular complexity index is 778. The van der Waals surface area contributed by atoms with Gasteiger partial charge in [0.2, 0.25) is 5.91 Å². The van der Waals surface area contributed by atoms with Crippen LogP contribution in [0.5, 0.6) is 0 Å². The fourth-order valence-electron chi connectivity index (χ4n) is 1.70. The number of thiazole rings is 1. The van der Waals surface area contributed by atoms with Crippen LogP contribution in [0, 0.1) is 0 Å². The molecule has 0 saturated carbocycles. The van der Waals surface area contributed by atoms with E-state index < -0.39 is 0 Å². The highest BCUT2D eigenvalue weighted by molar-refractivity contribution is 7.15. The number of nitrogens with one attached hydrogen (secondary N) is 1. The molecule has 0 aliphatic carbocycles. The van der Waals surface area contributed by atoms with Crippen molar-refractivity contribution >= 4 is 45.6 Å². The van der Waals surface area contributed by atoms with E-state index >= 15 is 0 Å². The second-order valence-corrected chi connectivity index (χ2v) is 5.13. The molecule has 7 heteroatoms. The molecular formula is C13H9ClN4OS. The van der Waals surface area contributed by atoms with Gasteiger partial charge in [-0.25, -0.2) is 4.98 Å². The Hall–Kier alpha value is -2.18. The van der Waals surface area contributed by atoms with Gasteiger partial charge < -0.3 is 5.32 Å². The summed E-state index contributed by atoms with van der Waals surface area (Å²) in [6, 6.07) is 3.43. The Morgan fingerprint density at radius 2 is 2.20 bits per heavy atom. The summed E-state index contributed by atoms with van der Waals surface area (Å²) < 4.78 is 1.84. The van der Waals surface area contributed by atoms with E-state index in [4.69, 9.17) is 11.6 Å². The summed E-state index contributed by atoms with van der Waals surface area (Å²) in [5, 5.41) is 5.02. The van der Waals surface area contributed by atoms with Crippen LogP contribution >= 0.6 is 22.9 Å². The van der Waals surface area contributed by atoms with Crippen molar-refractivity contribution in [1.29, 1.82) is 0 Å². The van der Waals surface area contributed by atoms with Crippen LogP contribution in [0.25, 0.3) is 11.0 Å². The molecule has 3 aromatic heterocycles. The Labute approximate surface area is 123 Å². The number of fused-ring (bicyclic) bond motifs is 1. The number of amides is 1. The molecule has 0 saturated heterocycles. The van der Waals surface area contributed by atoms with Crippen molar-refractivity contribution in [3.63, 3.8) is 0 Å². The number of halogens is 1. The molecule has 0 fully saturated rings. The highest BCUT2D eigenvalue weighted by atomic mass is 35.5. The summed E-state index contributed by atoms with van der Waals surface area (Å²) >= 11 is 7.52. The summed E-state index contributed by atoms with van der Waals surface area (Å²) in [6.07, 6.45) is 8.16. The average Bonchev–Trinajstić information content (AvgIpc) is 2.98. The zero-order chi connectivity index (χ0) is 13.9. The highest BCUT2D eigenvalue weighted by Gasteiger charge is 2.08. The van der Waals surface area contributed by atoms with E-state index in [1.54, 1.807) is 30.6 Å². The zero-order valence-corrected chi connectivity index (χ0v) is 11.7. The molecule has 1 N–H and O–H groups in total. The molecule has 0 unspecified atom stereocenters. The van der Waals surface area contributed by atoms with Gasteiger partial charge in [-0.05, 0) is 18.2 Å². The quantitative estimate of drug-likeness (QED) is 0.756. The van der Waals surface area contributed by atoms with E-state index in [-0.39, 0.29) is 5.91 Å². The zero-order valence-electron chi connectivity index (χ0n) is 10.2. The minimum absolute atomic E-state index is 0.238. The first kappa shape index (κ1) is 12.8. The first-order chi connectivity index (χ1) is 9.74. The molecule has 0 atom stereocenters. The van der Waals surface area contributed by atoms with Crippen LogP contribution < -0.4 is 5.32 Å². The number of pyridine rings is 1. The minimum Gasteiger partial charge on any atom is -0.322 e. The van der Waals surface area contributed by atoms with Crippen molar-refractivity contribution in [3.8, 4) is 0 Å². The van der Waals surface area contributed by atoms with Crippen LogP contribution in [0.1, 0.15) is 5.69 Å². The lowest BCUT2D eigenvalue weighted by Gasteiger charge is -2.00. The predicted molar refractivity (Wildman–Crippen MR) is 80.0 cm³/mol. The molecule has 0 aliphatic heterocycles. The van der Waals surface area contributed by atoms with E-state index in [1.165, 1.54) is 17.4 Å². The number of anilines is 1. The molecule has 0 aromatic carbocycles. The standard InChI is InChI=1S/C13H9ClN4OS/c14-12-10(18-7-8-20-13(18)17-12)1-2-11(19)16-9-3-5-15-6-4-9/h1-8H,(H,15,16,19)/b2-1+. The Balaban J connectivity index is 1.78. The molecule has 3 aromatic rings. The summed E-state index contributed by atoms with van der Waals surface area (Å²) in [4.78, 5) is 20.7. The lowest BCUT2D eigenvalue weighted by atomic mass is 10.3. The molecule has 3 heterocycles. The molecule has 5 nitrogen and oxygen atoms in total. The first-order valence-corrected chi connectivity index (χ1v) is 7.00. The third-order valence-corrected chi connectivity index (χ3v) is 3.63. The molecule has 0 radical (unpaired) electrons. The largest absolute Gasteiger partial charge is 0.322 e. The SMILES string of the molecule is O=C(/C=C/c1c(Cl)nc2sccn12)Nc1ccncc1. The maximum Gasteiger partial charge on any atom is 0.248 e. The topological polar surface area (TPSA) is 59.3 Å². The van der Waals surface area contributed by atoms with Gasteiger partial charge in [0.05, 0.1) is 5.69 Å². The van der Waals surface area contributed by atoms with E-state index in [9.17, 15) is 4.79 Å². The molecule has 100 valence electrons. The van der Waals surface area contributed by atoms with E-state index in [1.807, 2.05) is 16.0 Å². The third kappa shape index (κ3) is 2.56. The molecule has 0 spiro atoms. The van der Waals surface area contributed by atoms with Crippen molar-refractivity contribution in [2.45, 2.75) is 0 Å². The van der Waals surface area contributed by atoms with Crippen molar-refractivity contribution < 1.29 is 4.79 Å². The number of rotatable bonds is 3. The molecule has 20 heavy (non-hydrogen) atoms. The molecule has 0 bridgehead atoms. The number of carbonyl (C=O) groups excluding carboxylic acids is 1. The van der Waals surface area contributed by atoms with Crippen LogP contribution in [-0.2, 0) is 4.79 Å². The van der Waals surface area contributed by atoms with Crippen LogP contribution in [0.2, 0.25) is 5.15 Å². The van der Waals surface area contributed by atoms with Gasteiger partial charge >= 0.3 is 0 Å².